The number of halogens is 1. The minimum atomic E-state index is -4.25. The van der Waals surface area contributed by atoms with Crippen LogP contribution >= 0.6 is 11.6 Å². The van der Waals surface area contributed by atoms with E-state index < -0.39 is 26.0 Å². The van der Waals surface area contributed by atoms with Gasteiger partial charge in [-0.3, -0.25) is 10.1 Å². The number of nitrogens with zero attached hydrogens (tertiary/aromatic N) is 2. The van der Waals surface area contributed by atoms with E-state index in [0.717, 1.165) is 35.8 Å². The minimum Gasteiger partial charge on any atom is -0.497 e. The SMILES string of the molecule is COc1ccc(CN(Cc2ccc(OC)cc2)S(=O)(=O)c2ccc(OC[C@@]3(C=O)CCCC4CC(Cl)=CC=C43)c([N+](=O)[O-])c2)cc1. The third kappa shape index (κ3) is 7.11. The maximum Gasteiger partial charge on any atom is 0.312 e. The largest absolute Gasteiger partial charge is 0.497 e. The van der Waals surface area contributed by atoms with Gasteiger partial charge < -0.3 is 19.0 Å². The van der Waals surface area contributed by atoms with Crippen molar-refractivity contribution in [2.45, 2.75) is 43.7 Å². The summed E-state index contributed by atoms with van der Waals surface area (Å²) in [4.78, 5) is 23.8. The second kappa shape index (κ2) is 14.1. The van der Waals surface area contributed by atoms with Crippen molar-refractivity contribution in [3.8, 4) is 17.2 Å². The van der Waals surface area contributed by atoms with Gasteiger partial charge in [0.1, 0.15) is 24.4 Å². The molecule has 0 saturated heterocycles. The van der Waals surface area contributed by atoms with Crippen molar-refractivity contribution in [1.82, 2.24) is 4.31 Å². The lowest BCUT2D eigenvalue weighted by Gasteiger charge is -2.41. The van der Waals surface area contributed by atoms with E-state index in [1.165, 1.54) is 16.4 Å². The predicted octanol–water partition coefficient (Wildman–Crippen LogP) is 6.82. The lowest BCUT2D eigenvalue weighted by molar-refractivity contribution is -0.386. The summed E-state index contributed by atoms with van der Waals surface area (Å²) in [6.07, 6.45) is 7.35. The number of allylic oxidation sites excluding steroid dienone is 3. The van der Waals surface area contributed by atoms with Crippen LogP contribution in [0.1, 0.15) is 36.8 Å². The molecule has 0 amide bonds. The second-order valence-corrected chi connectivity index (χ2v) is 13.9. The summed E-state index contributed by atoms with van der Waals surface area (Å²) >= 11 is 6.25. The van der Waals surface area contributed by atoms with Gasteiger partial charge in [0, 0.05) is 24.2 Å². The number of ether oxygens (including phenoxy) is 3. The van der Waals surface area contributed by atoms with Crippen LogP contribution in [0.3, 0.4) is 0 Å². The molecule has 1 unspecified atom stereocenters. The molecule has 0 aromatic heterocycles. The quantitative estimate of drug-likeness (QED) is 0.111. The summed E-state index contributed by atoms with van der Waals surface area (Å²) in [6.45, 7) is -0.111. The van der Waals surface area contributed by atoms with E-state index in [-0.39, 0.29) is 36.3 Å². The van der Waals surface area contributed by atoms with Crippen LogP contribution < -0.4 is 14.2 Å². The highest BCUT2D eigenvalue weighted by Gasteiger charge is 2.43. The number of carbonyl (C=O) groups excluding carboxylic acids is 1. The van der Waals surface area contributed by atoms with Gasteiger partial charge in [0.15, 0.2) is 5.75 Å². The molecule has 2 aliphatic carbocycles. The summed E-state index contributed by atoms with van der Waals surface area (Å²) in [5.41, 5.74) is 0.843. The highest BCUT2D eigenvalue weighted by atomic mass is 35.5. The average molecular weight is 667 g/mol. The molecule has 12 heteroatoms. The van der Waals surface area contributed by atoms with Gasteiger partial charge in [0.05, 0.1) is 29.5 Å². The first kappa shape index (κ1) is 33.2. The average Bonchev–Trinajstić information content (AvgIpc) is 3.07. The molecule has 2 aliphatic rings. The van der Waals surface area contributed by atoms with Crippen molar-refractivity contribution in [3.63, 3.8) is 0 Å². The molecular weight excluding hydrogens is 632 g/mol. The standard InChI is InChI=1S/C34H35ClN2O8S/c1-43-28-10-5-24(6-11-28)20-36(21-25-7-12-29(44-2)13-8-25)46(41,42)30-14-16-33(32(19-30)37(39)40)45-23-34(22-38)17-3-4-26-18-27(35)9-15-31(26)34/h5-16,19,22,26H,3-4,17-18,20-21,23H2,1-2H3/t26?,34-/m0/s1. The minimum absolute atomic E-state index is 0.000994. The molecule has 0 N–H and O–H groups in total. The number of carbonyl (C=O) groups is 1. The third-order valence-corrected chi connectivity index (χ3v) is 10.7. The Morgan fingerprint density at radius 1 is 0.978 bits per heavy atom. The Morgan fingerprint density at radius 2 is 1.59 bits per heavy atom. The summed E-state index contributed by atoms with van der Waals surface area (Å²) in [5.74, 6) is 1.23. The molecule has 0 heterocycles. The Bertz CT molecular complexity index is 1710. The monoisotopic (exact) mass is 666 g/mol. The molecule has 10 nitrogen and oxygen atoms in total. The van der Waals surface area contributed by atoms with Crippen LogP contribution in [0, 0.1) is 21.4 Å². The number of nitro groups is 1. The fourth-order valence-electron chi connectivity index (χ4n) is 6.06. The fourth-order valence-corrected chi connectivity index (χ4v) is 7.74. The summed E-state index contributed by atoms with van der Waals surface area (Å²) in [5, 5.41) is 12.9. The maximum absolute atomic E-state index is 14.1. The lowest BCUT2D eigenvalue weighted by atomic mass is 9.64. The molecule has 0 radical (unpaired) electrons. The number of sulfonamides is 1. The summed E-state index contributed by atoms with van der Waals surface area (Å²) in [7, 11) is -1.16. The molecule has 242 valence electrons. The number of hydrogen-bond donors (Lipinski definition) is 0. The highest BCUT2D eigenvalue weighted by Crippen LogP contribution is 2.48. The van der Waals surface area contributed by atoms with Gasteiger partial charge >= 0.3 is 5.69 Å². The van der Waals surface area contributed by atoms with Gasteiger partial charge in [-0.2, -0.15) is 4.31 Å². The number of hydrogen-bond acceptors (Lipinski definition) is 8. The highest BCUT2D eigenvalue weighted by molar-refractivity contribution is 7.89. The predicted molar refractivity (Wildman–Crippen MR) is 173 cm³/mol. The number of nitro benzene ring substituents is 1. The molecule has 1 saturated carbocycles. The zero-order valence-corrected chi connectivity index (χ0v) is 27.1. The van der Waals surface area contributed by atoms with Crippen molar-refractivity contribution in [2.75, 3.05) is 20.8 Å². The van der Waals surface area contributed by atoms with E-state index in [2.05, 4.69) is 0 Å². The van der Waals surface area contributed by atoms with Crippen LogP contribution in [0.4, 0.5) is 5.69 Å². The molecule has 1 fully saturated rings. The van der Waals surface area contributed by atoms with Crippen molar-refractivity contribution in [3.05, 3.63) is 111 Å². The Hall–Kier alpha value is -4.19. The lowest BCUT2D eigenvalue weighted by Crippen LogP contribution is -2.39. The molecule has 3 aromatic rings. The number of aldehydes is 1. The summed E-state index contributed by atoms with van der Waals surface area (Å²) in [6, 6.07) is 17.6. The number of benzene rings is 3. The Morgan fingerprint density at radius 3 is 2.13 bits per heavy atom. The first-order valence-corrected chi connectivity index (χ1v) is 16.6. The molecule has 0 bridgehead atoms. The van der Waals surface area contributed by atoms with Gasteiger partial charge in [0.25, 0.3) is 0 Å². The van der Waals surface area contributed by atoms with E-state index in [1.54, 1.807) is 68.8 Å². The van der Waals surface area contributed by atoms with E-state index >= 15 is 0 Å². The Kier molecular flexibility index (Phi) is 10.1. The van der Waals surface area contributed by atoms with Crippen molar-refractivity contribution >= 4 is 33.6 Å². The first-order valence-electron chi connectivity index (χ1n) is 14.8. The van der Waals surface area contributed by atoms with E-state index in [9.17, 15) is 23.3 Å². The van der Waals surface area contributed by atoms with E-state index in [4.69, 9.17) is 25.8 Å². The first-order chi connectivity index (χ1) is 22.1. The Balaban J connectivity index is 1.45. The molecular formula is C34H35ClN2O8S. The zero-order valence-electron chi connectivity index (χ0n) is 25.6. The molecule has 0 aliphatic heterocycles. The molecule has 46 heavy (non-hydrogen) atoms. The maximum atomic E-state index is 14.1. The van der Waals surface area contributed by atoms with E-state index in [0.29, 0.717) is 35.5 Å². The second-order valence-electron chi connectivity index (χ2n) is 11.4. The van der Waals surface area contributed by atoms with Crippen LogP contribution in [0.2, 0.25) is 0 Å². The summed E-state index contributed by atoms with van der Waals surface area (Å²) < 4.78 is 45.9. The molecule has 2 atom stereocenters. The van der Waals surface area contributed by atoms with Gasteiger partial charge in [-0.15, -0.1) is 0 Å². The van der Waals surface area contributed by atoms with Gasteiger partial charge in [-0.1, -0.05) is 53.9 Å². The van der Waals surface area contributed by atoms with Crippen LogP contribution in [0.5, 0.6) is 17.2 Å². The number of methoxy groups -OCH3 is 2. The Labute approximate surface area is 273 Å². The third-order valence-electron chi connectivity index (χ3n) is 8.59. The fraction of sp³-hybridized carbons (Fsp3) is 0.324. The van der Waals surface area contributed by atoms with Gasteiger partial charge in [-0.05, 0) is 78.8 Å². The number of rotatable bonds is 13. The van der Waals surface area contributed by atoms with Crippen LogP contribution in [0.15, 0.2) is 94.4 Å². The van der Waals surface area contributed by atoms with Gasteiger partial charge in [-0.25, -0.2) is 8.42 Å². The molecule has 5 rings (SSSR count). The topological polar surface area (TPSA) is 125 Å². The smallest absolute Gasteiger partial charge is 0.312 e. The van der Waals surface area contributed by atoms with Crippen molar-refractivity contribution in [1.29, 1.82) is 0 Å². The van der Waals surface area contributed by atoms with Crippen molar-refractivity contribution < 1.29 is 32.3 Å². The normalized spacial score (nSPS) is 19.4. The molecule has 0 spiro atoms. The molecule has 3 aromatic carbocycles. The van der Waals surface area contributed by atoms with Crippen molar-refractivity contribution in [2.24, 2.45) is 11.3 Å². The van der Waals surface area contributed by atoms with Crippen LogP contribution in [-0.4, -0.2) is 44.8 Å². The van der Waals surface area contributed by atoms with Gasteiger partial charge in [0.2, 0.25) is 10.0 Å². The van der Waals surface area contributed by atoms with Crippen LogP contribution in [-0.2, 0) is 27.9 Å². The van der Waals surface area contributed by atoms with Crippen LogP contribution in [0.25, 0.3) is 0 Å². The zero-order chi connectivity index (χ0) is 32.9. The number of fused-ring (bicyclic) bond motifs is 1. The van der Waals surface area contributed by atoms with E-state index in [1.807, 2.05) is 6.08 Å².